The zero-order valence-electron chi connectivity index (χ0n) is 17.5. The fourth-order valence-corrected chi connectivity index (χ4v) is 5.18. The molecule has 0 atom stereocenters. The van der Waals surface area contributed by atoms with E-state index < -0.39 is 4.92 Å². The molecule has 4 aromatic rings. The third kappa shape index (κ3) is 3.48. The molecule has 0 unspecified atom stereocenters. The second kappa shape index (κ2) is 8.23. The van der Waals surface area contributed by atoms with Gasteiger partial charge in [0.1, 0.15) is 0 Å². The zero-order valence-corrected chi connectivity index (χ0v) is 18.3. The van der Waals surface area contributed by atoms with Crippen molar-refractivity contribution in [1.82, 2.24) is 19.3 Å². The monoisotopic (exact) mass is 447 g/mol. The minimum absolute atomic E-state index is 0.000796. The molecule has 2 aromatic carbocycles. The largest absolute Gasteiger partial charge is 0.305 e. The molecule has 162 valence electrons. The summed E-state index contributed by atoms with van der Waals surface area (Å²) in [5.41, 5.74) is 4.02. The summed E-state index contributed by atoms with van der Waals surface area (Å²) in [4.78, 5) is 23.9. The van der Waals surface area contributed by atoms with Crippen LogP contribution in [0.25, 0.3) is 22.3 Å². The van der Waals surface area contributed by atoms with Gasteiger partial charge in [-0.05, 0) is 37.3 Å². The molecule has 2 heterocycles. The molecule has 0 amide bonds. The molecule has 1 aliphatic rings. The number of thioether (sulfide) groups is 1. The summed E-state index contributed by atoms with van der Waals surface area (Å²) in [7, 11) is 1.80. The van der Waals surface area contributed by atoms with Gasteiger partial charge < -0.3 is 4.57 Å². The Balaban J connectivity index is 1.40. The third-order valence-corrected chi connectivity index (χ3v) is 6.91. The van der Waals surface area contributed by atoms with Crippen LogP contribution in [0.2, 0.25) is 0 Å². The Morgan fingerprint density at radius 3 is 2.78 bits per heavy atom. The summed E-state index contributed by atoms with van der Waals surface area (Å²) in [6.07, 6.45) is 4.18. The van der Waals surface area contributed by atoms with Gasteiger partial charge >= 0.3 is 0 Å². The number of aromatic nitrogens is 4. The van der Waals surface area contributed by atoms with Crippen LogP contribution in [0, 0.1) is 10.1 Å². The van der Waals surface area contributed by atoms with Gasteiger partial charge in [0.2, 0.25) is 5.91 Å². The topological polar surface area (TPSA) is 95.8 Å². The van der Waals surface area contributed by atoms with Crippen molar-refractivity contribution in [3.8, 4) is 11.4 Å². The number of benzene rings is 2. The highest BCUT2D eigenvalue weighted by molar-refractivity contribution is 7.99. The Labute approximate surface area is 188 Å². The lowest BCUT2D eigenvalue weighted by Gasteiger charge is -2.15. The van der Waals surface area contributed by atoms with Crippen molar-refractivity contribution in [1.29, 1.82) is 0 Å². The van der Waals surface area contributed by atoms with E-state index in [0.29, 0.717) is 16.5 Å². The number of hydrogen-bond donors (Lipinski definition) is 0. The van der Waals surface area contributed by atoms with Gasteiger partial charge in [-0.15, -0.1) is 10.2 Å². The van der Waals surface area contributed by atoms with Crippen LogP contribution in [-0.4, -0.2) is 35.9 Å². The molecular formula is C23H21N5O3S. The van der Waals surface area contributed by atoms with Gasteiger partial charge in [0, 0.05) is 35.8 Å². The normalized spacial score (nSPS) is 13.3. The quantitative estimate of drug-likeness (QED) is 0.251. The first-order valence-corrected chi connectivity index (χ1v) is 11.4. The maximum atomic E-state index is 13.3. The average molecular weight is 448 g/mol. The van der Waals surface area contributed by atoms with Gasteiger partial charge in [-0.3, -0.25) is 19.5 Å². The van der Waals surface area contributed by atoms with E-state index >= 15 is 0 Å². The Bertz CT molecular complexity index is 1360. The fourth-order valence-electron chi connectivity index (χ4n) is 4.42. The highest BCUT2D eigenvalue weighted by Gasteiger charge is 2.24. The molecule has 0 radical (unpaired) electrons. The second-order valence-corrected chi connectivity index (χ2v) is 8.78. The summed E-state index contributed by atoms with van der Waals surface area (Å²) in [6, 6.07) is 14.4. The van der Waals surface area contributed by atoms with Crippen LogP contribution in [0.5, 0.6) is 0 Å². The van der Waals surface area contributed by atoms with Crippen LogP contribution >= 0.6 is 11.8 Å². The molecule has 8 nitrogen and oxygen atoms in total. The highest BCUT2D eigenvalue weighted by Crippen LogP contribution is 2.33. The predicted octanol–water partition coefficient (Wildman–Crippen LogP) is 4.66. The van der Waals surface area contributed by atoms with E-state index in [4.69, 9.17) is 0 Å². The fraction of sp³-hybridized carbons (Fsp3) is 0.261. The van der Waals surface area contributed by atoms with Gasteiger partial charge in [-0.25, -0.2) is 0 Å². The van der Waals surface area contributed by atoms with Crippen molar-refractivity contribution in [3.05, 3.63) is 69.9 Å². The Morgan fingerprint density at radius 2 is 1.94 bits per heavy atom. The molecule has 0 saturated carbocycles. The molecule has 0 fully saturated rings. The van der Waals surface area contributed by atoms with Crippen LogP contribution in [-0.2, 0) is 19.9 Å². The van der Waals surface area contributed by atoms with Crippen molar-refractivity contribution < 1.29 is 9.72 Å². The lowest BCUT2D eigenvalue weighted by molar-refractivity contribution is -0.384. The minimum atomic E-state index is -0.434. The zero-order chi connectivity index (χ0) is 22.2. The molecule has 2 aromatic heterocycles. The number of nitrogens with zero attached hydrogens (tertiary/aromatic N) is 5. The van der Waals surface area contributed by atoms with Crippen molar-refractivity contribution in [2.24, 2.45) is 7.05 Å². The predicted molar refractivity (Wildman–Crippen MR) is 123 cm³/mol. The summed E-state index contributed by atoms with van der Waals surface area (Å²) in [5, 5.41) is 21.3. The summed E-state index contributed by atoms with van der Waals surface area (Å²) >= 11 is 1.32. The van der Waals surface area contributed by atoms with Crippen molar-refractivity contribution in [2.75, 3.05) is 5.75 Å². The number of carbonyl (C=O) groups is 1. The van der Waals surface area contributed by atoms with E-state index in [0.717, 1.165) is 36.9 Å². The molecule has 0 aliphatic heterocycles. The molecular weight excluding hydrogens is 426 g/mol. The maximum Gasteiger partial charge on any atom is 0.270 e. The van der Waals surface area contributed by atoms with E-state index in [1.165, 1.54) is 34.8 Å². The number of hydrogen-bond acceptors (Lipinski definition) is 6. The van der Waals surface area contributed by atoms with Crippen LogP contribution in [0.3, 0.4) is 0 Å². The molecule has 0 bridgehead atoms. The Kier molecular flexibility index (Phi) is 5.26. The van der Waals surface area contributed by atoms with Crippen molar-refractivity contribution in [3.63, 3.8) is 0 Å². The van der Waals surface area contributed by atoms with Gasteiger partial charge in [0.15, 0.2) is 11.0 Å². The Morgan fingerprint density at radius 1 is 1.12 bits per heavy atom. The molecule has 32 heavy (non-hydrogen) atoms. The molecule has 0 spiro atoms. The number of non-ortho nitro benzene ring substituents is 1. The van der Waals surface area contributed by atoms with Gasteiger partial charge in [-0.1, -0.05) is 42.1 Å². The molecule has 0 saturated heterocycles. The SMILES string of the molecule is Cn1c(SCC(=O)n2c3c(c4ccccc42)CCCC3)nnc1-c1cccc([N+](=O)[O-])c1. The van der Waals surface area contributed by atoms with Gasteiger partial charge in [-0.2, -0.15) is 0 Å². The van der Waals surface area contributed by atoms with Crippen molar-refractivity contribution >= 4 is 34.3 Å². The summed E-state index contributed by atoms with van der Waals surface area (Å²) in [6.45, 7) is 0. The van der Waals surface area contributed by atoms with Crippen molar-refractivity contribution in [2.45, 2.75) is 30.8 Å². The van der Waals surface area contributed by atoms with E-state index in [1.807, 2.05) is 22.8 Å². The lowest BCUT2D eigenvalue weighted by Crippen LogP contribution is -2.18. The number of para-hydroxylation sites is 1. The first kappa shape index (κ1) is 20.4. The summed E-state index contributed by atoms with van der Waals surface area (Å²) in [5.74, 6) is 0.771. The van der Waals surface area contributed by atoms with E-state index in [9.17, 15) is 14.9 Å². The molecule has 9 heteroatoms. The van der Waals surface area contributed by atoms with Crippen LogP contribution in [0.15, 0.2) is 53.7 Å². The number of fused-ring (bicyclic) bond motifs is 3. The maximum absolute atomic E-state index is 13.3. The standard InChI is InChI=1S/C23H21N5O3S/c1-26-22(15-7-6-8-16(13-15)28(30)31)24-25-23(26)32-14-21(29)27-19-11-4-2-9-17(19)18-10-3-5-12-20(18)27/h2,4,6-9,11,13H,3,5,10,12,14H2,1H3. The average Bonchev–Trinajstić information content (AvgIpc) is 3.35. The first-order valence-electron chi connectivity index (χ1n) is 10.5. The first-order chi connectivity index (χ1) is 15.5. The second-order valence-electron chi connectivity index (χ2n) is 7.84. The molecule has 0 N–H and O–H groups in total. The highest BCUT2D eigenvalue weighted by atomic mass is 32.2. The molecule has 1 aliphatic carbocycles. The van der Waals surface area contributed by atoms with Crippen LogP contribution in [0.4, 0.5) is 5.69 Å². The number of aryl methyl sites for hydroxylation is 1. The lowest BCUT2D eigenvalue weighted by atomic mass is 9.96. The van der Waals surface area contributed by atoms with E-state index in [-0.39, 0.29) is 17.3 Å². The van der Waals surface area contributed by atoms with Gasteiger partial charge in [0.25, 0.3) is 5.69 Å². The van der Waals surface area contributed by atoms with Gasteiger partial charge in [0.05, 0.1) is 16.2 Å². The smallest absolute Gasteiger partial charge is 0.270 e. The van der Waals surface area contributed by atoms with Crippen LogP contribution < -0.4 is 0 Å². The molecule has 5 rings (SSSR count). The third-order valence-electron chi connectivity index (χ3n) is 5.90. The minimum Gasteiger partial charge on any atom is -0.305 e. The summed E-state index contributed by atoms with van der Waals surface area (Å²) < 4.78 is 3.65. The van der Waals surface area contributed by atoms with E-state index in [2.05, 4.69) is 16.3 Å². The number of rotatable bonds is 5. The number of nitro groups is 1. The van der Waals surface area contributed by atoms with E-state index in [1.54, 1.807) is 23.7 Å². The van der Waals surface area contributed by atoms with Crippen LogP contribution in [0.1, 0.15) is 28.9 Å². The Hall–Kier alpha value is -3.46. The number of carbonyl (C=O) groups excluding carboxylic acids is 1. The number of nitro benzene ring substituents is 1.